The number of halogens is 3. The summed E-state index contributed by atoms with van der Waals surface area (Å²) in [6.07, 6.45) is 0.0373. The van der Waals surface area contributed by atoms with E-state index in [-0.39, 0.29) is 22.2 Å². The van der Waals surface area contributed by atoms with Crippen molar-refractivity contribution in [1.29, 1.82) is 0 Å². The van der Waals surface area contributed by atoms with E-state index in [1.165, 1.54) is 43.5 Å². The van der Waals surface area contributed by atoms with Gasteiger partial charge in [0.15, 0.2) is 11.2 Å². The topological polar surface area (TPSA) is 59.2 Å². The summed E-state index contributed by atoms with van der Waals surface area (Å²) in [6.45, 7) is 4.00. The standard InChI is InChI=1S/C16H12ClF2NO3.C2H6/c1-23-16-14(12(22)8-13(17)20-16)11(21)7-4-9-2-5-10(6-3-9)15(18)19;1-2/h2-8,15H,1H3,(H,20,22);1-2H3/b7-4+;. The molecule has 7 heteroatoms. The van der Waals surface area contributed by atoms with Gasteiger partial charge in [-0.3, -0.25) is 9.59 Å². The summed E-state index contributed by atoms with van der Waals surface area (Å²) in [5.41, 5.74) is -0.318. The number of pyridine rings is 1. The average molecular weight is 370 g/mol. The number of hydrogen-bond donors (Lipinski definition) is 1. The molecule has 0 unspecified atom stereocenters. The predicted octanol–water partition coefficient (Wildman–Crippen LogP) is 4.90. The zero-order chi connectivity index (χ0) is 19.0. The fourth-order valence-corrected chi connectivity index (χ4v) is 2.09. The van der Waals surface area contributed by atoms with Gasteiger partial charge in [0.2, 0.25) is 5.88 Å². The number of nitrogens with one attached hydrogen (secondary N) is 1. The smallest absolute Gasteiger partial charge is 0.263 e. The van der Waals surface area contributed by atoms with E-state index >= 15 is 0 Å². The van der Waals surface area contributed by atoms with Crippen molar-refractivity contribution < 1.29 is 18.3 Å². The molecule has 2 aromatic rings. The summed E-state index contributed by atoms with van der Waals surface area (Å²) in [7, 11) is 1.30. The van der Waals surface area contributed by atoms with Crippen molar-refractivity contribution in [2.75, 3.05) is 7.11 Å². The Balaban J connectivity index is 0.00000151. The molecule has 0 fully saturated rings. The molecule has 0 aliphatic rings. The van der Waals surface area contributed by atoms with Crippen LogP contribution in [-0.4, -0.2) is 17.9 Å². The molecule has 0 aliphatic heterocycles. The van der Waals surface area contributed by atoms with E-state index in [2.05, 4.69) is 4.98 Å². The highest BCUT2D eigenvalue weighted by molar-refractivity contribution is 6.29. The Kier molecular flexibility index (Phi) is 8.01. The number of aromatic nitrogens is 1. The molecule has 1 N–H and O–H groups in total. The van der Waals surface area contributed by atoms with Crippen LogP contribution < -0.4 is 10.2 Å². The van der Waals surface area contributed by atoms with Crippen LogP contribution in [-0.2, 0) is 0 Å². The number of ether oxygens (including phenoxy) is 1. The Morgan fingerprint density at radius 3 is 2.36 bits per heavy atom. The van der Waals surface area contributed by atoms with Crippen LogP contribution in [0.15, 0.2) is 41.2 Å². The molecule has 0 bridgehead atoms. The van der Waals surface area contributed by atoms with Crippen molar-refractivity contribution in [3.63, 3.8) is 0 Å². The van der Waals surface area contributed by atoms with Gasteiger partial charge in [-0.25, -0.2) is 8.78 Å². The normalized spacial score (nSPS) is 10.5. The van der Waals surface area contributed by atoms with Crippen molar-refractivity contribution in [1.82, 2.24) is 4.98 Å². The minimum absolute atomic E-state index is 0.0369. The Hall–Kier alpha value is -2.47. The number of benzene rings is 1. The first-order valence-corrected chi connectivity index (χ1v) is 7.87. The molecular formula is C18H18ClF2NO3. The van der Waals surface area contributed by atoms with Gasteiger partial charge in [-0.2, -0.15) is 0 Å². The monoisotopic (exact) mass is 369 g/mol. The van der Waals surface area contributed by atoms with E-state index in [4.69, 9.17) is 16.3 Å². The van der Waals surface area contributed by atoms with Crippen LogP contribution >= 0.6 is 11.6 Å². The summed E-state index contributed by atoms with van der Waals surface area (Å²) in [5, 5.41) is 0.0509. The van der Waals surface area contributed by atoms with E-state index in [1.807, 2.05) is 13.8 Å². The fourth-order valence-electron chi connectivity index (χ4n) is 1.90. The Labute approximate surface area is 149 Å². The molecule has 4 nitrogen and oxygen atoms in total. The minimum atomic E-state index is -2.55. The molecule has 1 heterocycles. The van der Waals surface area contributed by atoms with E-state index in [0.717, 1.165) is 6.07 Å². The summed E-state index contributed by atoms with van der Waals surface area (Å²) in [6, 6.07) is 6.51. The zero-order valence-electron chi connectivity index (χ0n) is 14.0. The molecule has 0 atom stereocenters. The molecule has 2 rings (SSSR count). The van der Waals surface area contributed by atoms with Crippen LogP contribution in [0.5, 0.6) is 5.88 Å². The van der Waals surface area contributed by atoms with Gasteiger partial charge < -0.3 is 9.72 Å². The van der Waals surface area contributed by atoms with Crippen molar-refractivity contribution in [3.05, 3.63) is 68.5 Å². The molecule has 0 spiro atoms. The molecule has 1 aromatic heterocycles. The lowest BCUT2D eigenvalue weighted by atomic mass is 10.1. The lowest BCUT2D eigenvalue weighted by Gasteiger charge is -2.05. The predicted molar refractivity (Wildman–Crippen MR) is 94.7 cm³/mol. The number of H-pyrrole nitrogens is 1. The number of methoxy groups -OCH3 is 1. The van der Waals surface area contributed by atoms with Crippen molar-refractivity contribution in [2.24, 2.45) is 0 Å². The largest absolute Gasteiger partial charge is 0.482 e. The lowest BCUT2D eigenvalue weighted by molar-refractivity contribution is 0.104. The van der Waals surface area contributed by atoms with E-state index in [1.54, 1.807) is 0 Å². The molecule has 0 aliphatic carbocycles. The molecule has 0 saturated carbocycles. The fraction of sp³-hybridized carbons (Fsp3) is 0.222. The first kappa shape index (κ1) is 20.6. The number of aromatic amines is 1. The average Bonchev–Trinajstić information content (AvgIpc) is 2.61. The van der Waals surface area contributed by atoms with Gasteiger partial charge in [-0.15, -0.1) is 0 Å². The van der Waals surface area contributed by atoms with Crippen molar-refractivity contribution >= 4 is 23.5 Å². The van der Waals surface area contributed by atoms with Crippen LogP contribution in [0.4, 0.5) is 8.78 Å². The van der Waals surface area contributed by atoms with E-state index < -0.39 is 17.6 Å². The molecule has 25 heavy (non-hydrogen) atoms. The highest BCUT2D eigenvalue weighted by atomic mass is 35.5. The highest BCUT2D eigenvalue weighted by Gasteiger charge is 2.15. The Morgan fingerprint density at radius 2 is 1.84 bits per heavy atom. The van der Waals surface area contributed by atoms with Gasteiger partial charge in [-0.05, 0) is 11.6 Å². The summed E-state index contributed by atoms with van der Waals surface area (Å²) in [4.78, 5) is 26.6. The van der Waals surface area contributed by atoms with Gasteiger partial charge >= 0.3 is 0 Å². The van der Waals surface area contributed by atoms with Crippen LogP contribution in [0.1, 0.15) is 41.8 Å². The number of carbonyl (C=O) groups excluding carboxylic acids is 1. The maximum absolute atomic E-state index is 12.5. The highest BCUT2D eigenvalue weighted by Crippen LogP contribution is 2.20. The van der Waals surface area contributed by atoms with Crippen molar-refractivity contribution in [2.45, 2.75) is 20.3 Å². The summed E-state index contributed by atoms with van der Waals surface area (Å²) < 4.78 is 29.9. The van der Waals surface area contributed by atoms with Gasteiger partial charge in [0.05, 0.1) is 7.11 Å². The Morgan fingerprint density at radius 1 is 1.24 bits per heavy atom. The molecule has 134 valence electrons. The maximum atomic E-state index is 12.5. The van der Waals surface area contributed by atoms with Crippen LogP contribution in [0, 0.1) is 0 Å². The third-order valence-electron chi connectivity index (χ3n) is 3.03. The summed E-state index contributed by atoms with van der Waals surface area (Å²) >= 11 is 5.69. The third-order valence-corrected chi connectivity index (χ3v) is 3.23. The van der Waals surface area contributed by atoms with Crippen LogP contribution in [0.25, 0.3) is 6.08 Å². The van der Waals surface area contributed by atoms with Gasteiger partial charge in [0, 0.05) is 11.6 Å². The van der Waals surface area contributed by atoms with E-state index in [9.17, 15) is 18.4 Å². The van der Waals surface area contributed by atoms with Gasteiger partial charge in [-0.1, -0.05) is 55.8 Å². The van der Waals surface area contributed by atoms with Gasteiger partial charge in [0.1, 0.15) is 10.7 Å². The molecule has 0 radical (unpaired) electrons. The quantitative estimate of drug-likeness (QED) is 0.463. The molecule has 0 saturated heterocycles. The summed E-state index contributed by atoms with van der Waals surface area (Å²) in [5.74, 6) is -0.622. The second-order valence-electron chi connectivity index (χ2n) is 4.55. The zero-order valence-corrected chi connectivity index (χ0v) is 14.7. The van der Waals surface area contributed by atoms with Gasteiger partial charge in [0.25, 0.3) is 6.43 Å². The van der Waals surface area contributed by atoms with Crippen molar-refractivity contribution in [3.8, 4) is 5.88 Å². The van der Waals surface area contributed by atoms with E-state index in [0.29, 0.717) is 5.56 Å². The second kappa shape index (κ2) is 9.74. The Bertz CT molecular complexity index is 799. The number of hydrogen-bond acceptors (Lipinski definition) is 3. The molecule has 0 amide bonds. The first-order chi connectivity index (χ1) is 11.9. The number of ketones is 1. The molecular weight excluding hydrogens is 352 g/mol. The SMILES string of the molecule is CC.COc1[nH]c(Cl)cc(=O)c1C(=O)/C=C/c1ccc(C(F)F)cc1. The lowest BCUT2D eigenvalue weighted by Crippen LogP contribution is -2.15. The van der Waals surface area contributed by atoms with Crippen LogP contribution in [0.3, 0.4) is 0 Å². The van der Waals surface area contributed by atoms with Crippen LogP contribution in [0.2, 0.25) is 5.15 Å². The number of carbonyl (C=O) groups is 1. The second-order valence-corrected chi connectivity index (χ2v) is 4.96. The minimum Gasteiger partial charge on any atom is -0.482 e. The number of alkyl halides is 2. The first-order valence-electron chi connectivity index (χ1n) is 7.49. The third kappa shape index (κ3) is 5.53. The number of rotatable bonds is 5. The molecule has 1 aromatic carbocycles. The number of allylic oxidation sites excluding steroid dienone is 1. The maximum Gasteiger partial charge on any atom is 0.263 e.